The van der Waals surface area contributed by atoms with E-state index in [0.29, 0.717) is 17.3 Å². The Bertz CT molecular complexity index is 327. The molecule has 1 saturated heterocycles. The van der Waals surface area contributed by atoms with Gasteiger partial charge >= 0.3 is 15.5 Å². The van der Waals surface area contributed by atoms with Gasteiger partial charge in [0.15, 0.2) is 0 Å². The van der Waals surface area contributed by atoms with Crippen LogP contribution in [0.1, 0.15) is 12.8 Å². The Labute approximate surface area is 92.9 Å². The molecule has 0 amide bonds. The van der Waals surface area contributed by atoms with Gasteiger partial charge in [0.1, 0.15) is 0 Å². The van der Waals surface area contributed by atoms with Crippen molar-refractivity contribution in [2.24, 2.45) is 5.92 Å². The second-order valence-electron chi connectivity index (χ2n) is 3.87. The number of piperidine rings is 1. The van der Waals surface area contributed by atoms with Crippen LogP contribution < -0.4 is 5.32 Å². The van der Waals surface area contributed by atoms with Crippen LogP contribution in [0, 0.1) is 5.92 Å². The fourth-order valence-corrected chi connectivity index (χ4v) is 2.92. The molecule has 0 aromatic carbocycles. The average molecular weight is 260 g/mol. The number of nitrogens with one attached hydrogen (secondary N) is 1. The molecule has 0 aromatic heterocycles. The minimum Gasteiger partial charge on any atom is -0.319 e. The molecular formula is C8H15F3N2O2S. The standard InChI is InChI=1S/C8H15F3N2O2S/c1-12-5-7-3-2-4-13(6-7)16(14,15)8(9,10)11/h7,12H,2-6H2,1H3. The lowest BCUT2D eigenvalue weighted by Crippen LogP contribution is -2.47. The quantitative estimate of drug-likeness (QED) is 0.815. The Morgan fingerprint density at radius 3 is 2.56 bits per heavy atom. The van der Waals surface area contributed by atoms with Crippen LogP contribution in [0.25, 0.3) is 0 Å². The molecule has 0 saturated carbocycles. The zero-order valence-corrected chi connectivity index (χ0v) is 9.74. The summed E-state index contributed by atoms with van der Waals surface area (Å²) in [4.78, 5) is 0. The van der Waals surface area contributed by atoms with Crippen LogP contribution in [0.5, 0.6) is 0 Å². The van der Waals surface area contributed by atoms with Crippen LogP contribution in [-0.2, 0) is 10.0 Å². The summed E-state index contributed by atoms with van der Waals surface area (Å²) < 4.78 is 59.7. The molecule has 0 radical (unpaired) electrons. The van der Waals surface area contributed by atoms with E-state index in [0.717, 1.165) is 6.42 Å². The van der Waals surface area contributed by atoms with Crippen molar-refractivity contribution < 1.29 is 21.6 Å². The first-order chi connectivity index (χ1) is 7.29. The summed E-state index contributed by atoms with van der Waals surface area (Å²) in [6, 6.07) is 0. The van der Waals surface area contributed by atoms with Gasteiger partial charge in [-0.05, 0) is 32.4 Å². The Hall–Kier alpha value is -0.340. The highest BCUT2D eigenvalue weighted by Gasteiger charge is 2.50. The molecule has 1 rings (SSSR count). The molecule has 0 aromatic rings. The highest BCUT2D eigenvalue weighted by atomic mass is 32.2. The fourth-order valence-electron chi connectivity index (χ4n) is 1.85. The van der Waals surface area contributed by atoms with Gasteiger partial charge in [-0.25, -0.2) is 8.42 Å². The lowest BCUT2D eigenvalue weighted by Gasteiger charge is -2.32. The first-order valence-corrected chi connectivity index (χ1v) is 6.44. The second kappa shape index (κ2) is 4.89. The van der Waals surface area contributed by atoms with E-state index in [1.807, 2.05) is 0 Å². The summed E-state index contributed by atoms with van der Waals surface area (Å²) in [5.74, 6) is -0.0455. The summed E-state index contributed by atoms with van der Waals surface area (Å²) in [6.45, 7) is 0.439. The van der Waals surface area contributed by atoms with E-state index in [1.54, 1.807) is 7.05 Å². The highest BCUT2D eigenvalue weighted by molar-refractivity contribution is 7.90. The molecule has 4 nitrogen and oxygen atoms in total. The third kappa shape index (κ3) is 2.86. The van der Waals surface area contributed by atoms with Gasteiger partial charge in [0.25, 0.3) is 0 Å². The number of alkyl halides is 3. The Morgan fingerprint density at radius 2 is 2.06 bits per heavy atom. The predicted molar refractivity (Wildman–Crippen MR) is 53.2 cm³/mol. The van der Waals surface area contributed by atoms with Gasteiger partial charge in [-0.1, -0.05) is 0 Å². The van der Waals surface area contributed by atoms with Gasteiger partial charge < -0.3 is 5.32 Å². The van der Waals surface area contributed by atoms with Gasteiger partial charge in [-0.2, -0.15) is 17.5 Å². The van der Waals surface area contributed by atoms with Crippen LogP contribution >= 0.6 is 0 Å². The average Bonchev–Trinajstić information content (AvgIpc) is 2.17. The minimum absolute atomic E-state index is 0.0396. The smallest absolute Gasteiger partial charge is 0.319 e. The van der Waals surface area contributed by atoms with Crippen LogP contribution in [0.15, 0.2) is 0 Å². The maximum Gasteiger partial charge on any atom is 0.511 e. The van der Waals surface area contributed by atoms with Crippen LogP contribution in [-0.4, -0.2) is 44.9 Å². The first-order valence-electron chi connectivity index (χ1n) is 5.00. The molecule has 16 heavy (non-hydrogen) atoms. The van der Waals surface area contributed by atoms with E-state index in [4.69, 9.17) is 0 Å². The molecule has 8 heteroatoms. The molecule has 1 N–H and O–H groups in total. The van der Waals surface area contributed by atoms with E-state index >= 15 is 0 Å². The van der Waals surface area contributed by atoms with Crippen LogP contribution in [0.3, 0.4) is 0 Å². The number of sulfonamides is 1. The Morgan fingerprint density at radius 1 is 1.44 bits per heavy atom. The molecule has 1 unspecified atom stereocenters. The van der Waals surface area contributed by atoms with Crippen molar-refractivity contribution in [2.75, 3.05) is 26.7 Å². The first kappa shape index (κ1) is 13.7. The number of hydrogen-bond donors (Lipinski definition) is 1. The summed E-state index contributed by atoms with van der Waals surface area (Å²) in [7, 11) is -3.45. The van der Waals surface area contributed by atoms with E-state index in [9.17, 15) is 21.6 Å². The van der Waals surface area contributed by atoms with Crippen molar-refractivity contribution >= 4 is 10.0 Å². The molecule has 0 spiro atoms. The Kier molecular flexibility index (Phi) is 4.19. The molecule has 0 bridgehead atoms. The predicted octanol–water partition coefficient (Wildman–Crippen LogP) is 0.767. The SMILES string of the molecule is CNCC1CCCN(S(=O)(=O)C(F)(F)F)C1. The van der Waals surface area contributed by atoms with Crippen molar-refractivity contribution in [3.63, 3.8) is 0 Å². The lowest BCUT2D eigenvalue weighted by atomic mass is 10.00. The monoisotopic (exact) mass is 260 g/mol. The summed E-state index contributed by atoms with van der Waals surface area (Å²) in [6.07, 6.45) is 1.23. The molecule has 1 fully saturated rings. The van der Waals surface area contributed by atoms with Crippen molar-refractivity contribution in [2.45, 2.75) is 18.3 Å². The molecular weight excluding hydrogens is 245 g/mol. The number of rotatable bonds is 3. The maximum absolute atomic E-state index is 12.3. The molecule has 1 atom stereocenters. The van der Waals surface area contributed by atoms with Gasteiger partial charge in [0, 0.05) is 13.1 Å². The molecule has 96 valence electrons. The van der Waals surface area contributed by atoms with E-state index in [1.165, 1.54) is 0 Å². The number of nitrogens with zero attached hydrogens (tertiary/aromatic N) is 1. The third-order valence-corrected chi connectivity index (χ3v) is 4.20. The van der Waals surface area contributed by atoms with Crippen molar-refractivity contribution in [1.29, 1.82) is 0 Å². The van der Waals surface area contributed by atoms with Gasteiger partial charge in [0.2, 0.25) is 0 Å². The molecule has 1 aliphatic rings. The second-order valence-corrected chi connectivity index (χ2v) is 5.80. The fraction of sp³-hybridized carbons (Fsp3) is 1.00. The summed E-state index contributed by atoms with van der Waals surface area (Å²) >= 11 is 0. The molecule has 0 aliphatic carbocycles. The van der Waals surface area contributed by atoms with Crippen molar-refractivity contribution in [3.8, 4) is 0 Å². The van der Waals surface area contributed by atoms with Gasteiger partial charge in [-0.3, -0.25) is 0 Å². The van der Waals surface area contributed by atoms with Crippen molar-refractivity contribution in [1.82, 2.24) is 9.62 Å². The van der Waals surface area contributed by atoms with Crippen molar-refractivity contribution in [3.05, 3.63) is 0 Å². The van der Waals surface area contributed by atoms with Gasteiger partial charge in [-0.15, -0.1) is 0 Å². The zero-order valence-electron chi connectivity index (χ0n) is 8.92. The topological polar surface area (TPSA) is 49.4 Å². The van der Waals surface area contributed by atoms with Gasteiger partial charge in [0.05, 0.1) is 0 Å². The largest absolute Gasteiger partial charge is 0.511 e. The third-order valence-electron chi connectivity index (χ3n) is 2.61. The summed E-state index contributed by atoms with van der Waals surface area (Å²) in [5.41, 5.74) is -5.19. The molecule has 1 heterocycles. The lowest BCUT2D eigenvalue weighted by molar-refractivity contribution is -0.0498. The Balaban J connectivity index is 2.74. The van der Waals surface area contributed by atoms with Crippen LogP contribution in [0.2, 0.25) is 0 Å². The number of hydrogen-bond acceptors (Lipinski definition) is 3. The van der Waals surface area contributed by atoms with E-state index in [2.05, 4.69) is 5.32 Å². The van der Waals surface area contributed by atoms with Crippen LogP contribution in [0.4, 0.5) is 13.2 Å². The molecule has 1 aliphatic heterocycles. The van der Waals surface area contributed by atoms with E-state index < -0.39 is 15.5 Å². The van der Waals surface area contributed by atoms with E-state index in [-0.39, 0.29) is 19.0 Å². The highest BCUT2D eigenvalue weighted by Crippen LogP contribution is 2.30. The zero-order chi connectivity index (χ0) is 12.4. The maximum atomic E-state index is 12.3. The summed E-state index contributed by atoms with van der Waals surface area (Å²) in [5, 5.41) is 2.85. The number of halogens is 3. The normalized spacial score (nSPS) is 24.6. The minimum atomic E-state index is -5.19.